The highest BCUT2D eigenvalue weighted by molar-refractivity contribution is 6.51. The Hall–Kier alpha value is -3.84. The van der Waals surface area contributed by atoms with E-state index in [9.17, 15) is 14.7 Å². The van der Waals surface area contributed by atoms with Crippen molar-refractivity contribution in [3.8, 4) is 11.5 Å². The average molecular weight is 510 g/mol. The number of carbonyl (C=O) groups is 2. The molecule has 6 nitrogen and oxygen atoms in total. The first kappa shape index (κ1) is 25.3. The molecule has 0 bridgehead atoms. The Labute approximate surface area is 213 Å². The summed E-state index contributed by atoms with van der Waals surface area (Å²) in [4.78, 5) is 27.6. The first-order valence-electron chi connectivity index (χ1n) is 11.3. The molecule has 1 fully saturated rings. The van der Waals surface area contributed by atoms with Crippen molar-refractivity contribution in [1.29, 1.82) is 0 Å². The number of nitrogens with zero attached hydrogens (tertiary/aromatic N) is 1. The summed E-state index contributed by atoms with van der Waals surface area (Å²) >= 11 is 6.28. The summed E-state index contributed by atoms with van der Waals surface area (Å²) in [5.74, 6) is -1.59. The number of carbonyl (C=O) groups excluding carboxylic acids is 2. The van der Waals surface area contributed by atoms with Crippen LogP contribution in [0.25, 0.3) is 5.76 Å². The van der Waals surface area contributed by atoms with Crippen molar-refractivity contribution in [1.82, 2.24) is 0 Å². The van der Waals surface area contributed by atoms with Gasteiger partial charge >= 0.3 is 0 Å². The lowest BCUT2D eigenvalue weighted by atomic mass is 9.94. The fourth-order valence-corrected chi connectivity index (χ4v) is 4.27. The standard InChI is InChI=1S/C28H25ClFNO5/c1-16(2)15-36-19-11-8-17(9-12-19)26(32)24-25(20-6-4-5-7-22(20)30)31(28(34)27(24)33)18-10-13-23(35-3)21(29)14-18/h4-14,16,25,32H,15H2,1-3H3/b26-24+. The molecule has 3 aromatic rings. The van der Waals surface area contributed by atoms with E-state index < -0.39 is 29.3 Å². The quantitative estimate of drug-likeness (QED) is 0.235. The van der Waals surface area contributed by atoms with Crippen LogP contribution in [-0.4, -0.2) is 30.5 Å². The van der Waals surface area contributed by atoms with Crippen molar-refractivity contribution in [2.24, 2.45) is 5.92 Å². The van der Waals surface area contributed by atoms with E-state index in [-0.39, 0.29) is 21.8 Å². The Morgan fingerprint density at radius 2 is 1.78 bits per heavy atom. The molecule has 186 valence electrons. The van der Waals surface area contributed by atoms with Crippen molar-refractivity contribution < 1.29 is 28.6 Å². The second-order valence-electron chi connectivity index (χ2n) is 8.74. The lowest BCUT2D eigenvalue weighted by molar-refractivity contribution is -0.132. The maximum atomic E-state index is 15.0. The third-order valence-electron chi connectivity index (χ3n) is 5.77. The molecule has 0 saturated carbocycles. The molecule has 1 heterocycles. The van der Waals surface area contributed by atoms with E-state index in [0.29, 0.717) is 29.6 Å². The number of rotatable bonds is 7. The summed E-state index contributed by atoms with van der Waals surface area (Å²) < 4.78 is 25.9. The van der Waals surface area contributed by atoms with Crippen LogP contribution in [0.5, 0.6) is 11.5 Å². The zero-order valence-electron chi connectivity index (χ0n) is 20.0. The SMILES string of the molecule is COc1ccc(N2C(=O)C(=O)/C(=C(/O)c3ccc(OCC(C)C)cc3)C2c2ccccc2F)cc1Cl. The summed E-state index contributed by atoms with van der Waals surface area (Å²) in [6.07, 6.45) is 0. The molecule has 1 aliphatic heterocycles. The number of ketones is 1. The number of Topliss-reactive ketones (excluding diaryl/α,β-unsaturated/α-hetero) is 1. The first-order valence-corrected chi connectivity index (χ1v) is 11.7. The molecule has 36 heavy (non-hydrogen) atoms. The molecule has 1 unspecified atom stereocenters. The lowest BCUT2D eigenvalue weighted by Crippen LogP contribution is -2.29. The summed E-state index contributed by atoms with van der Waals surface area (Å²) in [6.45, 7) is 4.57. The van der Waals surface area contributed by atoms with E-state index in [1.807, 2.05) is 13.8 Å². The van der Waals surface area contributed by atoms with Crippen LogP contribution in [0.2, 0.25) is 5.02 Å². The molecule has 1 amide bonds. The maximum absolute atomic E-state index is 15.0. The number of amides is 1. The molecule has 8 heteroatoms. The summed E-state index contributed by atoms with van der Waals surface area (Å²) in [5.41, 5.74) is 0.376. The van der Waals surface area contributed by atoms with Crippen LogP contribution in [0.4, 0.5) is 10.1 Å². The van der Waals surface area contributed by atoms with E-state index in [0.717, 1.165) is 4.90 Å². The fraction of sp³-hybridized carbons (Fsp3) is 0.214. The highest BCUT2D eigenvalue weighted by Gasteiger charge is 2.48. The monoisotopic (exact) mass is 509 g/mol. The molecule has 1 aliphatic rings. The van der Waals surface area contributed by atoms with E-state index in [1.54, 1.807) is 42.5 Å². The van der Waals surface area contributed by atoms with Crippen molar-refractivity contribution in [2.45, 2.75) is 19.9 Å². The van der Waals surface area contributed by atoms with Crippen LogP contribution in [0.15, 0.2) is 72.3 Å². The molecule has 0 aromatic heterocycles. The van der Waals surface area contributed by atoms with Crippen LogP contribution in [0.1, 0.15) is 31.0 Å². The molecular weight excluding hydrogens is 485 g/mol. The third-order valence-corrected chi connectivity index (χ3v) is 6.06. The van der Waals surface area contributed by atoms with Gasteiger partial charge in [0.05, 0.1) is 30.4 Å². The highest BCUT2D eigenvalue weighted by atomic mass is 35.5. The van der Waals surface area contributed by atoms with Gasteiger partial charge in [0.15, 0.2) is 0 Å². The van der Waals surface area contributed by atoms with Crippen LogP contribution in [-0.2, 0) is 9.59 Å². The van der Waals surface area contributed by atoms with E-state index in [4.69, 9.17) is 21.1 Å². The van der Waals surface area contributed by atoms with Crippen LogP contribution in [0.3, 0.4) is 0 Å². The van der Waals surface area contributed by atoms with Gasteiger partial charge in [-0.25, -0.2) is 4.39 Å². The molecule has 1 N–H and O–H groups in total. The van der Waals surface area contributed by atoms with Crippen LogP contribution >= 0.6 is 11.6 Å². The fourth-order valence-electron chi connectivity index (χ4n) is 4.02. The number of methoxy groups -OCH3 is 1. The largest absolute Gasteiger partial charge is 0.507 e. The van der Waals surface area contributed by atoms with E-state index in [2.05, 4.69) is 0 Å². The first-order chi connectivity index (χ1) is 17.2. The van der Waals surface area contributed by atoms with E-state index in [1.165, 1.54) is 31.4 Å². The highest BCUT2D eigenvalue weighted by Crippen LogP contribution is 2.44. The van der Waals surface area contributed by atoms with Gasteiger partial charge in [-0.2, -0.15) is 0 Å². The predicted molar refractivity (Wildman–Crippen MR) is 136 cm³/mol. The molecular formula is C28H25ClFNO5. The number of hydrogen-bond donors (Lipinski definition) is 1. The van der Waals surface area contributed by atoms with Gasteiger partial charge in [-0.05, 0) is 54.4 Å². The number of anilines is 1. The van der Waals surface area contributed by atoms with Crippen molar-refractivity contribution in [3.05, 3.63) is 94.3 Å². The Morgan fingerprint density at radius 3 is 2.39 bits per heavy atom. The second-order valence-corrected chi connectivity index (χ2v) is 9.15. The molecule has 1 saturated heterocycles. The number of halogens is 2. The minimum Gasteiger partial charge on any atom is -0.507 e. The number of ether oxygens (including phenoxy) is 2. The normalized spacial score (nSPS) is 17.1. The third kappa shape index (κ3) is 4.79. The van der Waals surface area contributed by atoms with Gasteiger partial charge in [-0.1, -0.05) is 43.6 Å². The zero-order valence-corrected chi connectivity index (χ0v) is 20.8. The molecule has 4 rings (SSSR count). The molecule has 3 aromatic carbocycles. The average Bonchev–Trinajstić information content (AvgIpc) is 3.13. The van der Waals surface area contributed by atoms with Gasteiger partial charge in [-0.3, -0.25) is 14.5 Å². The second kappa shape index (κ2) is 10.4. The van der Waals surface area contributed by atoms with Gasteiger partial charge in [-0.15, -0.1) is 0 Å². The van der Waals surface area contributed by atoms with Gasteiger partial charge < -0.3 is 14.6 Å². The van der Waals surface area contributed by atoms with Crippen molar-refractivity contribution in [3.63, 3.8) is 0 Å². The van der Waals surface area contributed by atoms with E-state index >= 15 is 4.39 Å². The number of benzene rings is 3. The Balaban J connectivity index is 1.84. The molecule has 0 aliphatic carbocycles. The van der Waals surface area contributed by atoms with Gasteiger partial charge in [0.25, 0.3) is 11.7 Å². The molecule has 0 spiro atoms. The Morgan fingerprint density at radius 1 is 1.08 bits per heavy atom. The predicted octanol–water partition coefficient (Wildman–Crippen LogP) is 6.15. The minimum absolute atomic E-state index is 0.0575. The topological polar surface area (TPSA) is 76.1 Å². The maximum Gasteiger partial charge on any atom is 0.300 e. The van der Waals surface area contributed by atoms with Crippen molar-refractivity contribution >= 4 is 34.7 Å². The zero-order chi connectivity index (χ0) is 26.0. The summed E-state index contributed by atoms with van der Waals surface area (Å²) in [6, 6.07) is 15.6. The van der Waals surface area contributed by atoms with Gasteiger partial charge in [0, 0.05) is 16.8 Å². The minimum atomic E-state index is -1.22. The van der Waals surface area contributed by atoms with Crippen LogP contribution in [0, 0.1) is 11.7 Å². The summed E-state index contributed by atoms with van der Waals surface area (Å²) in [5, 5.41) is 11.4. The smallest absolute Gasteiger partial charge is 0.300 e. The number of hydrogen-bond acceptors (Lipinski definition) is 5. The Bertz CT molecular complexity index is 1340. The molecule has 0 radical (unpaired) electrons. The number of aliphatic hydroxyl groups is 1. The molecule has 1 atom stereocenters. The lowest BCUT2D eigenvalue weighted by Gasteiger charge is -2.26. The Kier molecular flexibility index (Phi) is 7.31. The summed E-state index contributed by atoms with van der Waals surface area (Å²) in [7, 11) is 1.45. The van der Waals surface area contributed by atoms with Gasteiger partial charge in [0.2, 0.25) is 0 Å². The van der Waals surface area contributed by atoms with Gasteiger partial charge in [0.1, 0.15) is 23.1 Å². The van der Waals surface area contributed by atoms with Crippen molar-refractivity contribution in [2.75, 3.05) is 18.6 Å². The van der Waals surface area contributed by atoms with Crippen LogP contribution < -0.4 is 14.4 Å². The number of aliphatic hydroxyl groups excluding tert-OH is 1.